The molecule has 102 valence electrons. The molecule has 3 heteroatoms. The minimum atomic E-state index is 0.750. The van der Waals surface area contributed by atoms with Crippen molar-refractivity contribution in [3.8, 4) is 5.75 Å². The molecule has 0 heterocycles. The van der Waals surface area contributed by atoms with Crippen molar-refractivity contribution in [3.05, 3.63) is 24.3 Å². The normalized spacial score (nSPS) is 10.4. The highest BCUT2D eigenvalue weighted by Gasteiger charge is 2.05. The van der Waals surface area contributed by atoms with Crippen LogP contribution in [0.3, 0.4) is 0 Å². The zero-order valence-electron chi connectivity index (χ0n) is 11.7. The molecule has 0 aliphatic carbocycles. The summed E-state index contributed by atoms with van der Waals surface area (Å²) < 4.78 is 5.19. The number of nitrogens with two attached hydrogens (primary N) is 1. The number of hydrogen-bond donors (Lipinski definition) is 1. The molecule has 1 rings (SSSR count). The van der Waals surface area contributed by atoms with Crippen LogP contribution in [0.5, 0.6) is 5.75 Å². The van der Waals surface area contributed by atoms with Gasteiger partial charge in [0.05, 0.1) is 7.11 Å². The van der Waals surface area contributed by atoms with Gasteiger partial charge in [-0.05, 0) is 43.7 Å². The number of benzene rings is 1. The number of anilines is 1. The van der Waals surface area contributed by atoms with Gasteiger partial charge in [0.1, 0.15) is 5.75 Å². The Hall–Kier alpha value is -1.22. The van der Waals surface area contributed by atoms with Crippen LogP contribution in [0.1, 0.15) is 32.6 Å². The summed E-state index contributed by atoms with van der Waals surface area (Å²) in [6.45, 7) is 5.13. The second kappa shape index (κ2) is 8.81. The number of ether oxygens (including phenoxy) is 1. The van der Waals surface area contributed by atoms with Gasteiger partial charge in [-0.25, -0.2) is 0 Å². The smallest absolute Gasteiger partial charge is 0.119 e. The first-order valence-corrected chi connectivity index (χ1v) is 6.91. The summed E-state index contributed by atoms with van der Waals surface area (Å²) in [6, 6.07) is 8.29. The second-order valence-corrected chi connectivity index (χ2v) is 4.53. The third kappa shape index (κ3) is 4.96. The fourth-order valence-corrected chi connectivity index (χ4v) is 2.00. The van der Waals surface area contributed by atoms with E-state index < -0.39 is 0 Å². The van der Waals surface area contributed by atoms with E-state index in [0.717, 1.165) is 31.8 Å². The molecule has 1 aromatic carbocycles. The zero-order chi connectivity index (χ0) is 13.2. The van der Waals surface area contributed by atoms with Crippen LogP contribution in [0.4, 0.5) is 5.69 Å². The first-order chi connectivity index (χ1) is 8.81. The lowest BCUT2D eigenvalue weighted by Gasteiger charge is -2.25. The van der Waals surface area contributed by atoms with E-state index in [1.807, 2.05) is 12.1 Å². The summed E-state index contributed by atoms with van der Waals surface area (Å²) in [7, 11) is 1.70. The van der Waals surface area contributed by atoms with Gasteiger partial charge in [0.15, 0.2) is 0 Å². The molecule has 3 nitrogen and oxygen atoms in total. The van der Waals surface area contributed by atoms with Crippen LogP contribution in [0.25, 0.3) is 0 Å². The average Bonchev–Trinajstić information content (AvgIpc) is 2.43. The molecular weight excluding hydrogens is 224 g/mol. The molecule has 2 N–H and O–H groups in total. The minimum absolute atomic E-state index is 0.750. The van der Waals surface area contributed by atoms with E-state index in [1.54, 1.807) is 7.11 Å². The summed E-state index contributed by atoms with van der Waals surface area (Å²) in [6.07, 6.45) is 4.83. The Morgan fingerprint density at radius 2 is 1.72 bits per heavy atom. The lowest BCUT2D eigenvalue weighted by atomic mass is 10.2. The molecule has 0 bridgehead atoms. The van der Waals surface area contributed by atoms with Gasteiger partial charge >= 0.3 is 0 Å². The summed E-state index contributed by atoms with van der Waals surface area (Å²) in [4.78, 5) is 2.42. The van der Waals surface area contributed by atoms with Crippen LogP contribution in [0.2, 0.25) is 0 Å². The van der Waals surface area contributed by atoms with Crippen molar-refractivity contribution >= 4 is 5.69 Å². The van der Waals surface area contributed by atoms with Gasteiger partial charge in [0.2, 0.25) is 0 Å². The number of methoxy groups -OCH3 is 1. The molecule has 0 atom stereocenters. The van der Waals surface area contributed by atoms with Crippen molar-refractivity contribution in [3.63, 3.8) is 0 Å². The third-order valence-electron chi connectivity index (χ3n) is 3.10. The van der Waals surface area contributed by atoms with Gasteiger partial charge in [-0.2, -0.15) is 0 Å². The van der Waals surface area contributed by atoms with E-state index in [-0.39, 0.29) is 0 Å². The average molecular weight is 250 g/mol. The van der Waals surface area contributed by atoms with Crippen LogP contribution in [-0.4, -0.2) is 26.7 Å². The van der Waals surface area contributed by atoms with Crippen molar-refractivity contribution < 1.29 is 4.74 Å². The molecule has 18 heavy (non-hydrogen) atoms. The molecular formula is C15H26N2O. The third-order valence-corrected chi connectivity index (χ3v) is 3.10. The first-order valence-electron chi connectivity index (χ1n) is 6.91. The van der Waals surface area contributed by atoms with Gasteiger partial charge in [0, 0.05) is 18.8 Å². The van der Waals surface area contributed by atoms with Crippen molar-refractivity contribution in [1.29, 1.82) is 0 Å². The van der Waals surface area contributed by atoms with E-state index >= 15 is 0 Å². The molecule has 0 radical (unpaired) electrons. The minimum Gasteiger partial charge on any atom is -0.497 e. The fourth-order valence-electron chi connectivity index (χ4n) is 2.00. The van der Waals surface area contributed by atoms with Crippen molar-refractivity contribution in [1.82, 2.24) is 0 Å². The van der Waals surface area contributed by atoms with Crippen molar-refractivity contribution in [2.75, 3.05) is 31.6 Å². The quantitative estimate of drug-likeness (QED) is 0.685. The zero-order valence-corrected chi connectivity index (χ0v) is 11.7. The predicted octanol–water partition coefficient (Wildman–Crippen LogP) is 3.04. The van der Waals surface area contributed by atoms with Gasteiger partial charge in [-0.15, -0.1) is 0 Å². The molecule has 1 aromatic rings. The summed E-state index contributed by atoms with van der Waals surface area (Å²) in [5, 5.41) is 0. The van der Waals surface area contributed by atoms with Crippen LogP contribution in [0, 0.1) is 0 Å². The Kier molecular flexibility index (Phi) is 7.26. The van der Waals surface area contributed by atoms with E-state index in [2.05, 4.69) is 24.0 Å². The first kappa shape index (κ1) is 14.8. The Bertz CT molecular complexity index is 311. The lowest BCUT2D eigenvalue weighted by Crippen LogP contribution is -2.27. The molecule has 0 aromatic heterocycles. The molecule has 0 saturated carbocycles. The van der Waals surface area contributed by atoms with Gasteiger partial charge in [-0.3, -0.25) is 0 Å². The second-order valence-electron chi connectivity index (χ2n) is 4.53. The molecule has 0 aliphatic rings. The Labute approximate surface area is 111 Å². The Morgan fingerprint density at radius 1 is 1.06 bits per heavy atom. The number of hydrogen-bond acceptors (Lipinski definition) is 3. The van der Waals surface area contributed by atoms with Crippen LogP contribution in [0.15, 0.2) is 24.3 Å². The van der Waals surface area contributed by atoms with E-state index in [9.17, 15) is 0 Å². The molecule has 0 amide bonds. The van der Waals surface area contributed by atoms with Crippen molar-refractivity contribution in [2.24, 2.45) is 5.73 Å². The highest BCUT2D eigenvalue weighted by Crippen LogP contribution is 2.20. The monoisotopic (exact) mass is 250 g/mol. The van der Waals surface area contributed by atoms with Crippen LogP contribution < -0.4 is 15.4 Å². The maximum atomic E-state index is 5.61. The van der Waals surface area contributed by atoms with Gasteiger partial charge < -0.3 is 15.4 Å². The fraction of sp³-hybridized carbons (Fsp3) is 0.600. The molecule has 0 aliphatic heterocycles. The number of nitrogens with zero attached hydrogens (tertiary/aromatic N) is 1. The van der Waals surface area contributed by atoms with Crippen LogP contribution >= 0.6 is 0 Å². The summed E-state index contributed by atoms with van der Waals surface area (Å²) >= 11 is 0. The van der Waals surface area contributed by atoms with E-state index in [0.29, 0.717) is 0 Å². The largest absolute Gasteiger partial charge is 0.497 e. The molecule has 0 saturated heterocycles. The summed E-state index contributed by atoms with van der Waals surface area (Å²) in [5.74, 6) is 0.908. The summed E-state index contributed by atoms with van der Waals surface area (Å²) in [5.41, 5.74) is 6.87. The Morgan fingerprint density at radius 3 is 2.28 bits per heavy atom. The topological polar surface area (TPSA) is 38.5 Å². The van der Waals surface area contributed by atoms with Crippen molar-refractivity contribution in [2.45, 2.75) is 32.6 Å². The maximum Gasteiger partial charge on any atom is 0.119 e. The van der Waals surface area contributed by atoms with E-state index in [4.69, 9.17) is 10.5 Å². The molecule has 0 unspecified atom stereocenters. The van der Waals surface area contributed by atoms with Crippen LogP contribution in [-0.2, 0) is 0 Å². The SMILES string of the molecule is CCCCCN(CCCN)c1ccc(OC)cc1. The van der Waals surface area contributed by atoms with Gasteiger partial charge in [0.25, 0.3) is 0 Å². The number of unbranched alkanes of at least 4 members (excludes halogenated alkanes) is 2. The highest BCUT2D eigenvalue weighted by molar-refractivity contribution is 5.49. The molecule has 0 spiro atoms. The van der Waals surface area contributed by atoms with E-state index in [1.165, 1.54) is 24.9 Å². The molecule has 0 fully saturated rings. The number of rotatable bonds is 9. The standard InChI is InChI=1S/C15H26N2O/c1-3-4-5-12-17(13-6-11-16)14-7-9-15(18-2)10-8-14/h7-10H,3-6,11-13,16H2,1-2H3. The predicted molar refractivity (Wildman–Crippen MR) is 78.4 cm³/mol. The highest BCUT2D eigenvalue weighted by atomic mass is 16.5. The van der Waals surface area contributed by atoms with Gasteiger partial charge in [-0.1, -0.05) is 19.8 Å². The Balaban J connectivity index is 2.60. The lowest BCUT2D eigenvalue weighted by molar-refractivity contribution is 0.415. The maximum absolute atomic E-state index is 5.61.